The zero-order valence-electron chi connectivity index (χ0n) is 12.2. The number of hydrogen-bond donors (Lipinski definition) is 0. The number of aromatic nitrogens is 2. The lowest BCUT2D eigenvalue weighted by molar-refractivity contribution is 0.268. The summed E-state index contributed by atoms with van der Waals surface area (Å²) in [6, 6.07) is 8.07. The van der Waals surface area contributed by atoms with Crippen molar-refractivity contribution < 1.29 is 4.39 Å². The Morgan fingerprint density at radius 1 is 1.27 bits per heavy atom. The van der Waals surface area contributed by atoms with E-state index in [-0.39, 0.29) is 11.4 Å². The van der Waals surface area contributed by atoms with Gasteiger partial charge in [-0.3, -0.25) is 14.1 Å². The van der Waals surface area contributed by atoms with Crippen LogP contribution in [0.4, 0.5) is 4.39 Å². The van der Waals surface area contributed by atoms with Crippen LogP contribution in [0.15, 0.2) is 46.7 Å². The molecule has 0 aliphatic heterocycles. The van der Waals surface area contributed by atoms with Crippen LogP contribution in [0.3, 0.4) is 0 Å². The fraction of sp³-hybridized carbons (Fsp3) is 0.250. The lowest BCUT2D eigenvalue weighted by atomic mass is 10.2. The summed E-state index contributed by atoms with van der Waals surface area (Å²) >= 11 is 1.45. The quantitative estimate of drug-likeness (QED) is 0.726. The van der Waals surface area contributed by atoms with Gasteiger partial charge in [-0.1, -0.05) is 19.1 Å². The maximum atomic E-state index is 13.0. The SMILES string of the molecule is CCN(Cc1ccc(F)cc1)Cc1cc(=O)n2ccsc2n1. The van der Waals surface area contributed by atoms with Crippen molar-refractivity contribution in [1.82, 2.24) is 14.3 Å². The third-order valence-corrected chi connectivity index (χ3v) is 4.27. The number of benzene rings is 1. The van der Waals surface area contributed by atoms with Crippen LogP contribution in [-0.4, -0.2) is 20.8 Å². The Labute approximate surface area is 131 Å². The Hall–Kier alpha value is -2.05. The van der Waals surface area contributed by atoms with Gasteiger partial charge in [0.15, 0.2) is 4.96 Å². The molecule has 1 aromatic carbocycles. The number of nitrogens with zero attached hydrogens (tertiary/aromatic N) is 3. The van der Waals surface area contributed by atoms with Crippen molar-refractivity contribution in [3.05, 3.63) is 69.3 Å². The zero-order valence-corrected chi connectivity index (χ0v) is 13.0. The maximum Gasteiger partial charge on any atom is 0.258 e. The highest BCUT2D eigenvalue weighted by atomic mass is 32.1. The molecule has 2 aromatic heterocycles. The summed E-state index contributed by atoms with van der Waals surface area (Å²) in [5, 5.41) is 1.85. The molecule has 3 rings (SSSR count). The summed E-state index contributed by atoms with van der Waals surface area (Å²) in [6.45, 7) is 4.17. The molecule has 0 N–H and O–H groups in total. The van der Waals surface area contributed by atoms with E-state index in [0.717, 1.165) is 17.8 Å². The molecule has 0 aliphatic rings. The van der Waals surface area contributed by atoms with Crippen LogP contribution in [0, 0.1) is 5.82 Å². The van der Waals surface area contributed by atoms with Crippen LogP contribution in [0.2, 0.25) is 0 Å². The molecular weight excluding hydrogens is 301 g/mol. The summed E-state index contributed by atoms with van der Waals surface area (Å²) in [5.74, 6) is -0.232. The summed E-state index contributed by atoms with van der Waals surface area (Å²) in [4.78, 5) is 19.4. The predicted molar refractivity (Wildman–Crippen MR) is 85.5 cm³/mol. The number of rotatable bonds is 5. The first kappa shape index (κ1) is 14.9. The number of hydrogen-bond acceptors (Lipinski definition) is 4. The van der Waals surface area contributed by atoms with E-state index >= 15 is 0 Å². The minimum absolute atomic E-state index is 0.0564. The molecule has 2 heterocycles. The van der Waals surface area contributed by atoms with Crippen LogP contribution >= 0.6 is 11.3 Å². The van der Waals surface area contributed by atoms with Crippen LogP contribution in [0.5, 0.6) is 0 Å². The second kappa shape index (κ2) is 6.37. The number of thiazole rings is 1. The Kier molecular flexibility index (Phi) is 4.31. The minimum Gasteiger partial charge on any atom is -0.294 e. The van der Waals surface area contributed by atoms with Crippen molar-refractivity contribution in [3.8, 4) is 0 Å². The van der Waals surface area contributed by atoms with Gasteiger partial charge in [-0.25, -0.2) is 9.37 Å². The number of fused-ring (bicyclic) bond motifs is 1. The smallest absolute Gasteiger partial charge is 0.258 e. The van der Waals surface area contributed by atoms with Crippen molar-refractivity contribution in [2.75, 3.05) is 6.54 Å². The minimum atomic E-state index is -0.232. The lowest BCUT2D eigenvalue weighted by Gasteiger charge is -2.20. The second-order valence-electron chi connectivity index (χ2n) is 5.07. The van der Waals surface area contributed by atoms with Crippen molar-refractivity contribution in [3.63, 3.8) is 0 Å². The van der Waals surface area contributed by atoms with E-state index in [1.165, 1.54) is 23.5 Å². The third-order valence-electron chi connectivity index (χ3n) is 3.51. The van der Waals surface area contributed by atoms with Gasteiger partial charge in [-0.05, 0) is 24.2 Å². The predicted octanol–water partition coefficient (Wildman–Crippen LogP) is 2.92. The molecule has 0 fully saturated rings. The fourth-order valence-electron chi connectivity index (χ4n) is 2.33. The average molecular weight is 317 g/mol. The summed E-state index contributed by atoms with van der Waals surface area (Å²) < 4.78 is 14.5. The summed E-state index contributed by atoms with van der Waals surface area (Å²) in [5.41, 5.74) is 1.74. The van der Waals surface area contributed by atoms with Gasteiger partial charge in [0.05, 0.1) is 5.69 Å². The monoisotopic (exact) mass is 317 g/mol. The normalized spacial score (nSPS) is 11.4. The third kappa shape index (κ3) is 3.23. The standard InChI is InChI=1S/C16H16FN3OS/c1-2-19(10-12-3-5-13(17)6-4-12)11-14-9-15(21)20-7-8-22-16(20)18-14/h3-9H,2,10-11H2,1H3. The number of halogens is 1. The molecule has 0 aliphatic carbocycles. The molecule has 114 valence electrons. The van der Waals surface area contributed by atoms with Crippen LogP contribution < -0.4 is 5.56 Å². The van der Waals surface area contributed by atoms with E-state index in [1.807, 2.05) is 5.38 Å². The van der Waals surface area contributed by atoms with Gasteiger partial charge >= 0.3 is 0 Å². The van der Waals surface area contributed by atoms with E-state index in [2.05, 4.69) is 16.8 Å². The lowest BCUT2D eigenvalue weighted by Crippen LogP contribution is -2.24. The molecule has 6 heteroatoms. The Balaban J connectivity index is 1.78. The second-order valence-corrected chi connectivity index (χ2v) is 5.94. The highest BCUT2D eigenvalue weighted by molar-refractivity contribution is 7.15. The average Bonchev–Trinajstić information content (AvgIpc) is 2.98. The van der Waals surface area contributed by atoms with Gasteiger partial charge in [-0.2, -0.15) is 0 Å². The molecule has 0 atom stereocenters. The van der Waals surface area contributed by atoms with E-state index in [9.17, 15) is 9.18 Å². The van der Waals surface area contributed by atoms with E-state index in [1.54, 1.807) is 28.8 Å². The van der Waals surface area contributed by atoms with Crippen molar-refractivity contribution in [2.45, 2.75) is 20.0 Å². The summed E-state index contributed by atoms with van der Waals surface area (Å²) in [6.07, 6.45) is 1.73. The first-order valence-corrected chi connectivity index (χ1v) is 7.96. The Morgan fingerprint density at radius 2 is 2.05 bits per heavy atom. The van der Waals surface area contributed by atoms with Crippen molar-refractivity contribution in [2.24, 2.45) is 0 Å². The topological polar surface area (TPSA) is 37.6 Å². The Bertz CT molecular complexity index is 825. The largest absolute Gasteiger partial charge is 0.294 e. The Morgan fingerprint density at radius 3 is 2.77 bits per heavy atom. The van der Waals surface area contributed by atoms with Gasteiger partial charge in [-0.15, -0.1) is 11.3 Å². The zero-order chi connectivity index (χ0) is 15.5. The van der Waals surface area contributed by atoms with E-state index in [0.29, 0.717) is 18.1 Å². The van der Waals surface area contributed by atoms with Gasteiger partial charge in [0.2, 0.25) is 0 Å². The first-order valence-electron chi connectivity index (χ1n) is 7.08. The van der Waals surface area contributed by atoms with Crippen molar-refractivity contribution >= 4 is 16.3 Å². The van der Waals surface area contributed by atoms with Crippen LogP contribution in [-0.2, 0) is 13.1 Å². The van der Waals surface area contributed by atoms with Gasteiger partial charge in [0.1, 0.15) is 5.82 Å². The maximum absolute atomic E-state index is 13.0. The van der Waals surface area contributed by atoms with Gasteiger partial charge in [0, 0.05) is 30.7 Å². The van der Waals surface area contributed by atoms with Gasteiger partial charge < -0.3 is 0 Å². The first-order chi connectivity index (χ1) is 10.7. The molecule has 22 heavy (non-hydrogen) atoms. The molecule has 0 unspecified atom stereocenters. The molecule has 4 nitrogen and oxygen atoms in total. The highest BCUT2D eigenvalue weighted by Gasteiger charge is 2.09. The molecule has 0 amide bonds. The molecule has 0 radical (unpaired) electrons. The molecule has 0 bridgehead atoms. The molecule has 3 aromatic rings. The molecular formula is C16H16FN3OS. The van der Waals surface area contributed by atoms with Crippen LogP contribution in [0.1, 0.15) is 18.2 Å². The highest BCUT2D eigenvalue weighted by Crippen LogP contribution is 2.11. The van der Waals surface area contributed by atoms with Crippen molar-refractivity contribution in [1.29, 1.82) is 0 Å². The van der Waals surface area contributed by atoms with E-state index in [4.69, 9.17) is 0 Å². The molecule has 0 saturated carbocycles. The molecule has 0 saturated heterocycles. The van der Waals surface area contributed by atoms with Gasteiger partial charge in [0.25, 0.3) is 5.56 Å². The van der Waals surface area contributed by atoms with E-state index < -0.39 is 0 Å². The summed E-state index contributed by atoms with van der Waals surface area (Å²) in [7, 11) is 0. The fourth-order valence-corrected chi connectivity index (χ4v) is 3.06. The van der Waals surface area contributed by atoms with Crippen LogP contribution in [0.25, 0.3) is 4.96 Å². The molecule has 0 spiro atoms.